The smallest absolute Gasteiger partial charge is 0.330 e. The number of ether oxygens (including phenoxy) is 3. The lowest BCUT2D eigenvalue weighted by Crippen LogP contribution is -2.37. The molecule has 3 heterocycles. The molecule has 7 atom stereocenters. The summed E-state index contributed by atoms with van der Waals surface area (Å²) in [5.41, 5.74) is -0.814. The van der Waals surface area contributed by atoms with Crippen molar-refractivity contribution in [3.05, 3.63) is 32.6 Å². The molecule has 1 unspecified atom stereocenters. The van der Waals surface area contributed by atoms with E-state index in [0.29, 0.717) is 5.56 Å². The average Bonchev–Trinajstić information content (AvgIpc) is 3.10. The zero-order valence-electron chi connectivity index (χ0n) is 14.0. The van der Waals surface area contributed by atoms with E-state index in [2.05, 4.69) is 4.98 Å². The molecule has 0 spiro atoms. The van der Waals surface area contributed by atoms with Gasteiger partial charge in [-0.3, -0.25) is 14.3 Å². The van der Waals surface area contributed by atoms with Crippen LogP contribution >= 0.6 is 0 Å². The van der Waals surface area contributed by atoms with E-state index >= 15 is 0 Å². The van der Waals surface area contributed by atoms with Gasteiger partial charge in [0, 0.05) is 18.2 Å². The maximum atomic E-state index is 11.9. The van der Waals surface area contributed by atoms with Crippen molar-refractivity contribution < 1.29 is 34.6 Å². The quantitative estimate of drug-likeness (QED) is 0.360. The van der Waals surface area contributed by atoms with Crippen molar-refractivity contribution in [2.24, 2.45) is 0 Å². The van der Waals surface area contributed by atoms with Crippen LogP contribution in [-0.4, -0.2) is 80.0 Å². The third kappa shape index (κ3) is 3.60. The second-order valence-electron chi connectivity index (χ2n) is 6.45. The minimum atomic E-state index is -1.34. The normalized spacial score (nSPS) is 37.3. The average molecular weight is 374 g/mol. The summed E-state index contributed by atoms with van der Waals surface area (Å²) in [7, 11) is 0. The molecule has 1 aromatic rings. The second kappa shape index (κ2) is 7.56. The minimum absolute atomic E-state index is 0.107. The molecule has 0 aromatic carbocycles. The number of hydrogen-bond acceptors (Lipinski definition) is 9. The highest BCUT2D eigenvalue weighted by Crippen LogP contribution is 2.29. The lowest BCUT2D eigenvalue weighted by molar-refractivity contribution is -0.190. The molecule has 2 saturated heterocycles. The highest BCUT2D eigenvalue weighted by atomic mass is 16.7. The molecular weight excluding hydrogens is 352 g/mol. The first-order valence-electron chi connectivity index (χ1n) is 8.21. The largest absolute Gasteiger partial charge is 0.394 e. The summed E-state index contributed by atoms with van der Waals surface area (Å²) in [6, 6.07) is 0. The van der Waals surface area contributed by atoms with Crippen molar-refractivity contribution in [2.45, 2.75) is 56.4 Å². The number of aromatic nitrogens is 2. The van der Waals surface area contributed by atoms with E-state index in [1.807, 2.05) is 0 Å². The summed E-state index contributed by atoms with van der Waals surface area (Å²) >= 11 is 0. The third-order valence-corrected chi connectivity index (χ3v) is 4.58. The summed E-state index contributed by atoms with van der Waals surface area (Å²) in [4.78, 5) is 25.5. The van der Waals surface area contributed by atoms with Crippen LogP contribution in [-0.2, 0) is 14.2 Å². The fraction of sp³-hybridized carbons (Fsp3) is 0.733. The van der Waals surface area contributed by atoms with Crippen LogP contribution in [0.1, 0.15) is 18.2 Å². The number of rotatable bonds is 5. The first kappa shape index (κ1) is 19.2. The summed E-state index contributed by atoms with van der Waals surface area (Å²) in [6.45, 7) is 0.904. The Kier molecular flexibility index (Phi) is 5.58. The Morgan fingerprint density at radius 3 is 2.62 bits per heavy atom. The highest BCUT2D eigenvalue weighted by Gasteiger charge is 2.44. The lowest BCUT2D eigenvalue weighted by atomic mass is 10.1. The Morgan fingerprint density at radius 1 is 1.23 bits per heavy atom. The predicted octanol–water partition coefficient (Wildman–Crippen LogP) is -3.05. The number of H-pyrrole nitrogens is 1. The van der Waals surface area contributed by atoms with Gasteiger partial charge in [-0.05, 0) is 6.92 Å². The molecule has 0 amide bonds. The molecular formula is C15H22N2O9. The van der Waals surface area contributed by atoms with Crippen molar-refractivity contribution in [1.82, 2.24) is 9.55 Å². The van der Waals surface area contributed by atoms with Crippen molar-refractivity contribution in [2.75, 3.05) is 13.2 Å². The number of hydrogen-bond donors (Lipinski definition) is 5. The van der Waals surface area contributed by atoms with Crippen LogP contribution in [0.25, 0.3) is 0 Å². The van der Waals surface area contributed by atoms with Crippen LogP contribution in [0.3, 0.4) is 0 Å². The topological polar surface area (TPSA) is 163 Å². The van der Waals surface area contributed by atoms with E-state index in [4.69, 9.17) is 19.3 Å². The van der Waals surface area contributed by atoms with Crippen LogP contribution in [0.15, 0.2) is 15.8 Å². The monoisotopic (exact) mass is 374 g/mol. The molecule has 2 aliphatic rings. The molecule has 0 saturated carbocycles. The summed E-state index contributed by atoms with van der Waals surface area (Å²) < 4.78 is 17.4. The van der Waals surface area contributed by atoms with Gasteiger partial charge in [-0.25, -0.2) is 4.79 Å². The SMILES string of the molecule is Cc1cn([C@H]2C[C@H](O)[C@@H](COC3O[C@H](CO)[C@@H](O)[C@@H]3O)O2)c(=O)[nH]c1=O. The van der Waals surface area contributed by atoms with E-state index < -0.39 is 60.9 Å². The molecule has 2 aliphatic heterocycles. The van der Waals surface area contributed by atoms with Crippen LogP contribution in [0, 0.1) is 6.92 Å². The van der Waals surface area contributed by atoms with E-state index in [1.165, 1.54) is 10.8 Å². The van der Waals surface area contributed by atoms with Crippen LogP contribution in [0.5, 0.6) is 0 Å². The number of nitrogens with zero attached hydrogens (tertiary/aromatic N) is 1. The minimum Gasteiger partial charge on any atom is -0.394 e. The molecule has 5 N–H and O–H groups in total. The zero-order chi connectivity index (χ0) is 19.0. The van der Waals surface area contributed by atoms with Crippen LogP contribution in [0.2, 0.25) is 0 Å². The van der Waals surface area contributed by atoms with E-state index in [1.54, 1.807) is 6.92 Å². The molecule has 1 aromatic heterocycles. The highest BCUT2D eigenvalue weighted by molar-refractivity contribution is 5.02. The fourth-order valence-corrected chi connectivity index (χ4v) is 3.03. The molecule has 3 rings (SSSR count). The summed E-state index contributed by atoms with van der Waals surface area (Å²) in [6.07, 6.45) is -5.83. The molecule has 0 bridgehead atoms. The number of aliphatic hydroxyl groups is 4. The zero-order valence-corrected chi connectivity index (χ0v) is 14.0. The molecule has 26 heavy (non-hydrogen) atoms. The standard InChI is InChI=1S/C15H22N2O9/c1-6-3-17(15(23)16-13(6)22)10-2-7(19)9(25-10)5-24-14-12(21)11(20)8(4-18)26-14/h3,7-12,14,18-21H,2,4-5H2,1H3,(H,16,22,23)/t7-,8+,9+,10+,11+,12-,14?/m0/s1. The van der Waals surface area contributed by atoms with E-state index in [9.17, 15) is 24.9 Å². The van der Waals surface area contributed by atoms with Gasteiger partial charge in [-0.2, -0.15) is 0 Å². The molecule has 0 radical (unpaired) electrons. The van der Waals surface area contributed by atoms with Crippen LogP contribution in [0.4, 0.5) is 0 Å². The van der Waals surface area contributed by atoms with E-state index in [-0.39, 0.29) is 13.0 Å². The van der Waals surface area contributed by atoms with Gasteiger partial charge < -0.3 is 34.6 Å². The third-order valence-electron chi connectivity index (χ3n) is 4.58. The first-order valence-corrected chi connectivity index (χ1v) is 8.21. The molecule has 2 fully saturated rings. The van der Waals surface area contributed by atoms with Gasteiger partial charge in [-0.1, -0.05) is 0 Å². The molecule has 11 heteroatoms. The van der Waals surface area contributed by atoms with Gasteiger partial charge in [-0.15, -0.1) is 0 Å². The Morgan fingerprint density at radius 2 is 1.96 bits per heavy atom. The first-order chi connectivity index (χ1) is 12.3. The Hall–Kier alpha value is -1.60. The van der Waals surface area contributed by atoms with Gasteiger partial charge in [0.15, 0.2) is 6.29 Å². The van der Waals surface area contributed by atoms with Crippen LogP contribution < -0.4 is 11.2 Å². The lowest BCUT2D eigenvalue weighted by Gasteiger charge is -2.20. The molecule has 11 nitrogen and oxygen atoms in total. The maximum Gasteiger partial charge on any atom is 0.330 e. The van der Waals surface area contributed by atoms with E-state index in [0.717, 1.165) is 0 Å². The van der Waals surface area contributed by atoms with Gasteiger partial charge >= 0.3 is 5.69 Å². The number of aliphatic hydroxyl groups excluding tert-OH is 4. The van der Waals surface area contributed by atoms with Gasteiger partial charge in [0.1, 0.15) is 30.6 Å². The predicted molar refractivity (Wildman–Crippen MR) is 84.3 cm³/mol. The number of aromatic amines is 1. The van der Waals surface area contributed by atoms with Gasteiger partial charge in [0.2, 0.25) is 0 Å². The second-order valence-corrected chi connectivity index (χ2v) is 6.45. The van der Waals surface area contributed by atoms with Crippen molar-refractivity contribution in [1.29, 1.82) is 0 Å². The van der Waals surface area contributed by atoms with Gasteiger partial charge in [0.25, 0.3) is 5.56 Å². The number of nitrogens with one attached hydrogen (secondary N) is 1. The Balaban J connectivity index is 1.62. The Labute approximate surface area is 147 Å². The number of aryl methyl sites for hydroxylation is 1. The van der Waals surface area contributed by atoms with Crippen molar-refractivity contribution in [3.8, 4) is 0 Å². The molecule has 146 valence electrons. The van der Waals surface area contributed by atoms with Gasteiger partial charge in [0.05, 0.1) is 19.3 Å². The fourth-order valence-electron chi connectivity index (χ4n) is 3.03. The molecule has 0 aliphatic carbocycles. The van der Waals surface area contributed by atoms with Crippen molar-refractivity contribution in [3.63, 3.8) is 0 Å². The van der Waals surface area contributed by atoms with Crippen molar-refractivity contribution >= 4 is 0 Å². The summed E-state index contributed by atoms with van der Waals surface area (Å²) in [5, 5.41) is 38.7. The summed E-state index contributed by atoms with van der Waals surface area (Å²) in [5.74, 6) is 0. The Bertz CT molecular complexity index is 747. The maximum absolute atomic E-state index is 11.9.